The molecule has 0 spiro atoms. The first-order valence-electron chi connectivity index (χ1n) is 8.72. The van der Waals surface area contributed by atoms with E-state index >= 15 is 0 Å². The third kappa shape index (κ3) is 6.19. The molecular weight excluding hydrogens is 316 g/mol. The van der Waals surface area contributed by atoms with E-state index in [2.05, 4.69) is 68.5 Å². The molecule has 1 aromatic carbocycles. The Morgan fingerprint density at radius 3 is 2.60 bits per heavy atom. The molecule has 0 saturated heterocycles. The van der Waals surface area contributed by atoms with Crippen LogP contribution in [0.3, 0.4) is 0 Å². The molecule has 0 bridgehead atoms. The predicted octanol–water partition coefficient (Wildman–Crippen LogP) is 1.74. The second kappa shape index (κ2) is 10.5. The van der Waals surface area contributed by atoms with Crippen LogP contribution in [-0.4, -0.2) is 40.9 Å². The number of ether oxygens (including phenoxy) is 1. The Labute approximate surface area is 149 Å². The highest BCUT2D eigenvalue weighted by molar-refractivity contribution is 5.79. The third-order valence-electron chi connectivity index (χ3n) is 3.76. The van der Waals surface area contributed by atoms with E-state index in [4.69, 9.17) is 4.74 Å². The molecule has 1 aromatic heterocycles. The average molecular weight is 344 g/mol. The van der Waals surface area contributed by atoms with Crippen molar-refractivity contribution in [2.75, 3.05) is 20.2 Å². The minimum Gasteiger partial charge on any atom is -0.380 e. The van der Waals surface area contributed by atoms with Crippen LogP contribution in [0.1, 0.15) is 30.8 Å². The van der Waals surface area contributed by atoms with Gasteiger partial charge in [0.25, 0.3) is 0 Å². The van der Waals surface area contributed by atoms with Gasteiger partial charge in [0.1, 0.15) is 12.2 Å². The summed E-state index contributed by atoms with van der Waals surface area (Å²) in [6.45, 7) is 7.82. The van der Waals surface area contributed by atoms with Crippen molar-refractivity contribution in [1.29, 1.82) is 0 Å². The van der Waals surface area contributed by atoms with Crippen LogP contribution in [0.25, 0.3) is 0 Å². The molecule has 0 unspecified atom stereocenters. The zero-order chi connectivity index (χ0) is 17.9. The van der Waals surface area contributed by atoms with Crippen molar-refractivity contribution in [1.82, 2.24) is 25.4 Å². The largest absolute Gasteiger partial charge is 0.380 e. The van der Waals surface area contributed by atoms with Gasteiger partial charge < -0.3 is 19.9 Å². The summed E-state index contributed by atoms with van der Waals surface area (Å²) in [7, 11) is 1.70. The monoisotopic (exact) mass is 344 g/mol. The zero-order valence-electron chi connectivity index (χ0n) is 15.3. The summed E-state index contributed by atoms with van der Waals surface area (Å²) in [4.78, 5) is 4.64. The molecule has 7 nitrogen and oxygen atoms in total. The van der Waals surface area contributed by atoms with Crippen LogP contribution in [0.4, 0.5) is 0 Å². The Bertz CT molecular complexity index is 650. The van der Waals surface area contributed by atoms with Crippen molar-refractivity contribution >= 4 is 5.96 Å². The van der Waals surface area contributed by atoms with Crippen LogP contribution in [-0.2, 0) is 30.9 Å². The van der Waals surface area contributed by atoms with Crippen molar-refractivity contribution < 1.29 is 4.74 Å². The standard InChI is InChI=1S/C18H28N6O/c1-4-17-23-22-14-24(17)11-10-20-18(19-5-2)21-12-15-6-8-16(9-7-15)13-25-3/h6-9,14H,4-5,10-13H2,1-3H3,(H2,19,20,21). The Morgan fingerprint density at radius 1 is 1.16 bits per heavy atom. The van der Waals surface area contributed by atoms with Gasteiger partial charge in [-0.3, -0.25) is 0 Å². The Hall–Kier alpha value is -2.41. The quantitative estimate of drug-likeness (QED) is 0.535. The molecule has 0 saturated carbocycles. The topological polar surface area (TPSA) is 76.4 Å². The summed E-state index contributed by atoms with van der Waals surface area (Å²) < 4.78 is 7.19. The summed E-state index contributed by atoms with van der Waals surface area (Å²) in [5.74, 6) is 1.81. The van der Waals surface area contributed by atoms with Gasteiger partial charge in [0.2, 0.25) is 0 Å². The van der Waals surface area contributed by atoms with Gasteiger partial charge in [-0.25, -0.2) is 4.99 Å². The van der Waals surface area contributed by atoms with Crippen molar-refractivity contribution in [2.24, 2.45) is 4.99 Å². The van der Waals surface area contributed by atoms with E-state index in [0.29, 0.717) is 13.2 Å². The molecule has 0 amide bonds. The maximum atomic E-state index is 5.13. The van der Waals surface area contributed by atoms with Gasteiger partial charge in [-0.1, -0.05) is 31.2 Å². The number of nitrogens with one attached hydrogen (secondary N) is 2. The lowest BCUT2D eigenvalue weighted by atomic mass is 10.1. The first kappa shape index (κ1) is 18.9. The summed E-state index contributed by atoms with van der Waals surface area (Å²) in [6, 6.07) is 8.33. The summed E-state index contributed by atoms with van der Waals surface area (Å²) >= 11 is 0. The molecule has 0 radical (unpaired) electrons. The molecule has 2 N–H and O–H groups in total. The minimum absolute atomic E-state index is 0.634. The molecule has 0 fully saturated rings. The van der Waals surface area contributed by atoms with Crippen molar-refractivity contribution in [3.05, 3.63) is 47.5 Å². The molecule has 0 aliphatic carbocycles. The number of methoxy groups -OCH3 is 1. The van der Waals surface area contributed by atoms with Crippen LogP contribution in [0.5, 0.6) is 0 Å². The van der Waals surface area contributed by atoms with Crippen LogP contribution in [0, 0.1) is 0 Å². The van der Waals surface area contributed by atoms with E-state index in [-0.39, 0.29) is 0 Å². The van der Waals surface area contributed by atoms with Gasteiger partial charge in [0, 0.05) is 33.2 Å². The van der Waals surface area contributed by atoms with Gasteiger partial charge in [-0.2, -0.15) is 0 Å². The van der Waals surface area contributed by atoms with Gasteiger partial charge in [-0.15, -0.1) is 10.2 Å². The van der Waals surface area contributed by atoms with Gasteiger partial charge >= 0.3 is 0 Å². The molecule has 0 atom stereocenters. The highest BCUT2D eigenvalue weighted by Crippen LogP contribution is 2.06. The Morgan fingerprint density at radius 2 is 1.92 bits per heavy atom. The van der Waals surface area contributed by atoms with E-state index in [1.807, 2.05) is 0 Å². The lowest BCUT2D eigenvalue weighted by molar-refractivity contribution is 0.185. The maximum Gasteiger partial charge on any atom is 0.191 e. The van der Waals surface area contributed by atoms with E-state index in [9.17, 15) is 0 Å². The molecule has 0 aliphatic heterocycles. The lowest BCUT2D eigenvalue weighted by Crippen LogP contribution is -2.38. The number of aromatic nitrogens is 3. The third-order valence-corrected chi connectivity index (χ3v) is 3.76. The van der Waals surface area contributed by atoms with E-state index in [1.165, 1.54) is 11.1 Å². The van der Waals surface area contributed by atoms with E-state index < -0.39 is 0 Å². The summed E-state index contributed by atoms with van der Waals surface area (Å²) in [5, 5.41) is 14.7. The van der Waals surface area contributed by atoms with Crippen LogP contribution >= 0.6 is 0 Å². The molecule has 136 valence electrons. The maximum absolute atomic E-state index is 5.13. The zero-order valence-corrected chi connectivity index (χ0v) is 15.3. The molecule has 25 heavy (non-hydrogen) atoms. The SMILES string of the molecule is CCNC(=NCc1ccc(COC)cc1)NCCn1cnnc1CC. The smallest absolute Gasteiger partial charge is 0.191 e. The van der Waals surface area contributed by atoms with Crippen molar-refractivity contribution in [3.8, 4) is 0 Å². The summed E-state index contributed by atoms with van der Waals surface area (Å²) in [5.41, 5.74) is 2.34. The van der Waals surface area contributed by atoms with Crippen LogP contribution in [0.2, 0.25) is 0 Å². The number of aryl methyl sites for hydroxylation is 1. The Kier molecular flexibility index (Phi) is 7.91. The fraction of sp³-hybridized carbons (Fsp3) is 0.500. The molecule has 2 rings (SSSR count). The number of benzene rings is 1. The molecule has 7 heteroatoms. The van der Waals surface area contributed by atoms with E-state index in [1.54, 1.807) is 13.4 Å². The highest BCUT2D eigenvalue weighted by atomic mass is 16.5. The number of hydrogen-bond acceptors (Lipinski definition) is 4. The van der Waals surface area contributed by atoms with Crippen LogP contribution in [0.15, 0.2) is 35.6 Å². The Balaban J connectivity index is 1.87. The highest BCUT2D eigenvalue weighted by Gasteiger charge is 2.02. The number of rotatable bonds is 9. The molecule has 1 heterocycles. The first-order valence-corrected chi connectivity index (χ1v) is 8.72. The second-order valence-electron chi connectivity index (χ2n) is 5.67. The number of hydrogen-bond donors (Lipinski definition) is 2. The van der Waals surface area contributed by atoms with Crippen molar-refractivity contribution in [3.63, 3.8) is 0 Å². The van der Waals surface area contributed by atoms with E-state index in [0.717, 1.165) is 37.8 Å². The van der Waals surface area contributed by atoms with Gasteiger partial charge in [0.05, 0.1) is 13.2 Å². The number of nitrogens with zero attached hydrogens (tertiary/aromatic N) is 4. The normalized spacial score (nSPS) is 11.6. The fourth-order valence-corrected chi connectivity index (χ4v) is 2.45. The predicted molar refractivity (Wildman–Crippen MR) is 99.4 cm³/mol. The molecule has 2 aromatic rings. The van der Waals surface area contributed by atoms with Gasteiger partial charge in [-0.05, 0) is 18.1 Å². The molecular formula is C18H28N6O. The number of guanidine groups is 1. The fourth-order valence-electron chi connectivity index (χ4n) is 2.45. The van der Waals surface area contributed by atoms with Crippen LogP contribution < -0.4 is 10.6 Å². The minimum atomic E-state index is 0.634. The number of aliphatic imine (C=N–C) groups is 1. The summed E-state index contributed by atoms with van der Waals surface area (Å²) in [6.07, 6.45) is 2.65. The molecule has 0 aliphatic rings. The van der Waals surface area contributed by atoms with Gasteiger partial charge in [0.15, 0.2) is 5.96 Å². The second-order valence-corrected chi connectivity index (χ2v) is 5.67. The lowest BCUT2D eigenvalue weighted by Gasteiger charge is -2.12. The van der Waals surface area contributed by atoms with Crippen molar-refractivity contribution in [2.45, 2.75) is 40.0 Å². The average Bonchev–Trinajstić information content (AvgIpc) is 3.08. The first-order chi connectivity index (χ1) is 12.3.